The molecule has 0 aliphatic carbocycles. The van der Waals surface area contributed by atoms with Crippen LogP contribution in [-0.2, 0) is 6.42 Å². The highest BCUT2D eigenvalue weighted by atomic mass is 79.9. The molecule has 0 spiro atoms. The number of alkyl halides is 3. The molecule has 0 amide bonds. The Morgan fingerprint density at radius 3 is 2.48 bits per heavy atom. The van der Waals surface area contributed by atoms with E-state index in [9.17, 15) is 13.2 Å². The quantitative estimate of drug-likeness (QED) is 0.858. The summed E-state index contributed by atoms with van der Waals surface area (Å²) in [6, 6.07) is 8.19. The molecule has 0 bridgehead atoms. The largest absolute Gasteiger partial charge is 0.573 e. The van der Waals surface area contributed by atoms with Crippen LogP contribution in [0.1, 0.15) is 5.56 Å². The highest BCUT2D eigenvalue weighted by molar-refractivity contribution is 9.10. The van der Waals surface area contributed by atoms with Gasteiger partial charge in [0.1, 0.15) is 5.75 Å². The van der Waals surface area contributed by atoms with Crippen molar-refractivity contribution in [1.29, 1.82) is 0 Å². The maximum absolute atomic E-state index is 12.1. The molecule has 1 aromatic heterocycles. The lowest BCUT2D eigenvalue weighted by Gasteiger charge is -2.12. The van der Waals surface area contributed by atoms with Gasteiger partial charge < -0.3 is 10.1 Å². The highest BCUT2D eigenvalue weighted by Gasteiger charge is 2.31. The molecule has 7 heteroatoms. The average molecular weight is 361 g/mol. The zero-order chi connectivity index (χ0) is 15.3. The number of aromatic nitrogens is 1. The first-order valence-electron chi connectivity index (χ1n) is 6.12. The van der Waals surface area contributed by atoms with Gasteiger partial charge in [-0.1, -0.05) is 0 Å². The van der Waals surface area contributed by atoms with Gasteiger partial charge in [-0.2, -0.15) is 0 Å². The summed E-state index contributed by atoms with van der Waals surface area (Å²) in [5, 5.41) is 3.14. The molecule has 3 nitrogen and oxygen atoms in total. The minimum Gasteiger partial charge on any atom is -0.405 e. The van der Waals surface area contributed by atoms with Crippen LogP contribution in [0.3, 0.4) is 0 Å². The predicted molar refractivity (Wildman–Crippen MR) is 77.3 cm³/mol. The SMILES string of the molecule is FC(F)(F)Oc1ccc(NCCc2ccncc2)cc1Br. The van der Waals surface area contributed by atoms with E-state index in [1.807, 2.05) is 12.1 Å². The van der Waals surface area contributed by atoms with Crippen molar-refractivity contribution in [3.63, 3.8) is 0 Å². The first kappa shape index (κ1) is 15.6. The van der Waals surface area contributed by atoms with Crippen molar-refractivity contribution in [3.05, 3.63) is 52.8 Å². The molecule has 0 unspecified atom stereocenters. The molecule has 0 aliphatic rings. The number of benzene rings is 1. The summed E-state index contributed by atoms with van der Waals surface area (Å²) in [5.41, 5.74) is 1.85. The molecule has 0 radical (unpaired) electrons. The van der Waals surface area contributed by atoms with Crippen LogP contribution in [0.5, 0.6) is 5.75 Å². The smallest absolute Gasteiger partial charge is 0.405 e. The van der Waals surface area contributed by atoms with Gasteiger partial charge in [-0.05, 0) is 58.2 Å². The van der Waals surface area contributed by atoms with E-state index in [1.165, 1.54) is 6.07 Å². The summed E-state index contributed by atoms with van der Waals surface area (Å²) in [6.45, 7) is 0.663. The van der Waals surface area contributed by atoms with Gasteiger partial charge in [-0.3, -0.25) is 4.98 Å². The zero-order valence-corrected chi connectivity index (χ0v) is 12.4. The van der Waals surface area contributed by atoms with Crippen molar-refractivity contribution in [2.24, 2.45) is 0 Å². The fraction of sp³-hybridized carbons (Fsp3) is 0.214. The maximum atomic E-state index is 12.1. The van der Waals surface area contributed by atoms with E-state index >= 15 is 0 Å². The van der Waals surface area contributed by atoms with Crippen LogP contribution in [0.2, 0.25) is 0 Å². The van der Waals surface area contributed by atoms with Gasteiger partial charge in [0.2, 0.25) is 0 Å². The van der Waals surface area contributed by atoms with Crippen LogP contribution in [0.15, 0.2) is 47.2 Å². The third-order valence-electron chi connectivity index (χ3n) is 2.65. The van der Waals surface area contributed by atoms with Gasteiger partial charge >= 0.3 is 6.36 Å². The maximum Gasteiger partial charge on any atom is 0.573 e. The topological polar surface area (TPSA) is 34.1 Å². The molecular weight excluding hydrogens is 349 g/mol. The fourth-order valence-electron chi connectivity index (χ4n) is 1.72. The van der Waals surface area contributed by atoms with Crippen LogP contribution >= 0.6 is 15.9 Å². The van der Waals surface area contributed by atoms with Crippen molar-refractivity contribution in [3.8, 4) is 5.75 Å². The first-order chi connectivity index (χ1) is 9.94. The monoisotopic (exact) mass is 360 g/mol. The Kier molecular flexibility index (Phi) is 5.06. The molecule has 0 saturated carbocycles. The van der Waals surface area contributed by atoms with Gasteiger partial charge in [0.25, 0.3) is 0 Å². The van der Waals surface area contributed by atoms with Crippen molar-refractivity contribution >= 4 is 21.6 Å². The standard InChI is InChI=1S/C14H12BrF3N2O/c15-12-9-11(1-2-13(12)21-14(16,17)18)20-8-5-10-3-6-19-7-4-10/h1-4,6-7,9,20H,5,8H2. The van der Waals surface area contributed by atoms with E-state index < -0.39 is 6.36 Å². The average Bonchev–Trinajstić information content (AvgIpc) is 2.42. The Hall–Kier alpha value is -1.76. The van der Waals surface area contributed by atoms with Crippen LogP contribution in [0.4, 0.5) is 18.9 Å². The van der Waals surface area contributed by atoms with Gasteiger partial charge in [0, 0.05) is 24.6 Å². The normalized spacial score (nSPS) is 11.2. The molecule has 21 heavy (non-hydrogen) atoms. The molecule has 2 rings (SSSR count). The van der Waals surface area contributed by atoms with Gasteiger partial charge in [-0.15, -0.1) is 13.2 Å². The van der Waals surface area contributed by atoms with E-state index in [1.54, 1.807) is 24.5 Å². The van der Waals surface area contributed by atoms with E-state index in [2.05, 4.69) is 31.0 Å². The Morgan fingerprint density at radius 1 is 1.14 bits per heavy atom. The van der Waals surface area contributed by atoms with Gasteiger partial charge in [0.15, 0.2) is 0 Å². The number of ether oxygens (including phenoxy) is 1. The highest BCUT2D eigenvalue weighted by Crippen LogP contribution is 2.32. The van der Waals surface area contributed by atoms with Gasteiger partial charge in [-0.25, -0.2) is 0 Å². The van der Waals surface area contributed by atoms with Crippen LogP contribution in [0.25, 0.3) is 0 Å². The molecule has 1 aromatic carbocycles. The number of hydrogen-bond acceptors (Lipinski definition) is 3. The molecule has 0 fully saturated rings. The predicted octanol–water partition coefficient (Wildman–Crippen LogP) is 4.40. The van der Waals surface area contributed by atoms with Crippen molar-refractivity contribution < 1.29 is 17.9 Å². The van der Waals surface area contributed by atoms with Crippen LogP contribution in [-0.4, -0.2) is 17.9 Å². The minimum atomic E-state index is -4.70. The second-order valence-corrected chi connectivity index (χ2v) is 5.08. The zero-order valence-electron chi connectivity index (χ0n) is 10.8. The second kappa shape index (κ2) is 6.80. The fourth-order valence-corrected chi connectivity index (χ4v) is 2.18. The molecule has 0 saturated heterocycles. The molecule has 2 aromatic rings. The van der Waals surface area contributed by atoms with Crippen LogP contribution < -0.4 is 10.1 Å². The number of nitrogens with one attached hydrogen (secondary N) is 1. The summed E-state index contributed by atoms with van der Waals surface area (Å²) in [4.78, 5) is 3.93. The van der Waals surface area contributed by atoms with Crippen molar-refractivity contribution in [1.82, 2.24) is 4.98 Å². The first-order valence-corrected chi connectivity index (χ1v) is 6.91. The Balaban J connectivity index is 1.91. The molecule has 0 atom stereocenters. The molecule has 0 aliphatic heterocycles. The van der Waals surface area contributed by atoms with E-state index in [-0.39, 0.29) is 10.2 Å². The van der Waals surface area contributed by atoms with Gasteiger partial charge in [0.05, 0.1) is 4.47 Å². The third kappa shape index (κ3) is 5.26. The summed E-state index contributed by atoms with van der Waals surface area (Å²) >= 11 is 3.06. The minimum absolute atomic E-state index is 0.244. The Morgan fingerprint density at radius 2 is 1.86 bits per heavy atom. The second-order valence-electron chi connectivity index (χ2n) is 4.23. The van der Waals surface area contributed by atoms with E-state index in [4.69, 9.17) is 0 Å². The Bertz CT molecular complexity index is 591. The number of nitrogens with zero attached hydrogens (tertiary/aromatic N) is 1. The number of rotatable bonds is 5. The lowest BCUT2D eigenvalue weighted by atomic mass is 10.2. The molecule has 112 valence electrons. The van der Waals surface area contributed by atoms with E-state index in [0.29, 0.717) is 12.2 Å². The Labute approximate surface area is 128 Å². The lowest BCUT2D eigenvalue weighted by Crippen LogP contribution is -2.17. The van der Waals surface area contributed by atoms with Crippen molar-refractivity contribution in [2.75, 3.05) is 11.9 Å². The molecular formula is C14H12BrF3N2O. The third-order valence-corrected chi connectivity index (χ3v) is 3.27. The number of anilines is 1. The number of halogens is 4. The molecule has 1 heterocycles. The number of hydrogen-bond donors (Lipinski definition) is 1. The number of pyridine rings is 1. The summed E-state index contributed by atoms with van der Waals surface area (Å²) in [7, 11) is 0. The molecule has 1 N–H and O–H groups in total. The van der Waals surface area contributed by atoms with E-state index in [0.717, 1.165) is 12.0 Å². The lowest BCUT2D eigenvalue weighted by molar-refractivity contribution is -0.274. The van der Waals surface area contributed by atoms with Crippen LogP contribution in [0, 0.1) is 0 Å². The summed E-state index contributed by atoms with van der Waals surface area (Å²) < 4.78 is 40.6. The summed E-state index contributed by atoms with van der Waals surface area (Å²) in [5.74, 6) is -0.262. The van der Waals surface area contributed by atoms with Crippen molar-refractivity contribution in [2.45, 2.75) is 12.8 Å². The summed E-state index contributed by atoms with van der Waals surface area (Å²) in [6.07, 6.45) is -0.468.